The van der Waals surface area contributed by atoms with Gasteiger partial charge in [0.25, 0.3) is 0 Å². The van der Waals surface area contributed by atoms with E-state index in [0.717, 1.165) is 29.2 Å². The minimum Gasteiger partial charge on any atom is -0.308 e. The molecule has 2 rings (SSSR count). The van der Waals surface area contributed by atoms with Crippen molar-refractivity contribution in [1.82, 2.24) is 15.1 Å². The Kier molecular flexibility index (Phi) is 6.97. The summed E-state index contributed by atoms with van der Waals surface area (Å²) in [6, 6.07) is 0.370. The third kappa shape index (κ3) is 4.21. The predicted octanol–water partition coefficient (Wildman–Crippen LogP) is 4.33. The van der Waals surface area contributed by atoms with E-state index < -0.39 is 0 Å². The molecule has 1 aromatic heterocycles. The second-order valence-corrected chi connectivity index (χ2v) is 9.43. The molecule has 3 nitrogen and oxygen atoms in total. The van der Waals surface area contributed by atoms with Gasteiger partial charge in [-0.25, -0.2) is 0 Å². The van der Waals surface area contributed by atoms with Gasteiger partial charge in [-0.2, -0.15) is 28.6 Å². The van der Waals surface area contributed by atoms with Crippen LogP contribution in [-0.2, 0) is 6.54 Å². The molecular formula is C15H26BrN3S2. The average molecular weight is 392 g/mol. The Morgan fingerprint density at radius 2 is 2.19 bits per heavy atom. The highest BCUT2D eigenvalue weighted by molar-refractivity contribution is 9.10. The quantitative estimate of drug-likeness (QED) is 0.781. The van der Waals surface area contributed by atoms with Gasteiger partial charge in [0.1, 0.15) is 0 Å². The molecule has 1 aromatic rings. The van der Waals surface area contributed by atoms with E-state index >= 15 is 0 Å². The van der Waals surface area contributed by atoms with Crippen LogP contribution >= 0.6 is 39.5 Å². The lowest BCUT2D eigenvalue weighted by atomic mass is 10.1. The minimum atomic E-state index is 0.370. The fraction of sp³-hybridized carbons (Fsp3) is 0.800. The van der Waals surface area contributed by atoms with Crippen LogP contribution in [0.15, 0.2) is 10.7 Å². The van der Waals surface area contributed by atoms with Gasteiger partial charge in [0, 0.05) is 28.0 Å². The van der Waals surface area contributed by atoms with Crippen molar-refractivity contribution in [2.75, 3.05) is 12.3 Å². The summed E-state index contributed by atoms with van der Waals surface area (Å²) in [5.74, 6) is 1.21. The zero-order chi connectivity index (χ0) is 15.4. The van der Waals surface area contributed by atoms with Crippen LogP contribution in [0.5, 0.6) is 0 Å². The molecule has 1 fully saturated rings. The number of aryl methyl sites for hydroxylation is 1. The standard InChI is InChI=1S/C15H26BrN3S2/c1-5-7-17-14(13-9-20-10(3)11(4)21-13)15-12(16)8-18-19(15)6-2/h8,10-11,13-14,17H,5-7,9H2,1-4H3. The van der Waals surface area contributed by atoms with Crippen LogP contribution in [0.4, 0.5) is 0 Å². The van der Waals surface area contributed by atoms with Gasteiger partial charge in [0.2, 0.25) is 0 Å². The van der Waals surface area contributed by atoms with E-state index in [-0.39, 0.29) is 0 Å². The van der Waals surface area contributed by atoms with Crippen LogP contribution in [0.1, 0.15) is 45.9 Å². The average Bonchev–Trinajstić information content (AvgIpc) is 2.84. The molecule has 0 bridgehead atoms. The van der Waals surface area contributed by atoms with Crippen molar-refractivity contribution >= 4 is 39.5 Å². The summed E-state index contributed by atoms with van der Waals surface area (Å²) in [6.45, 7) is 11.1. The van der Waals surface area contributed by atoms with E-state index in [1.54, 1.807) is 0 Å². The SMILES string of the molecule is CCCNC(c1c(Br)cnn1CC)C1CSC(C)C(C)S1. The summed E-state index contributed by atoms with van der Waals surface area (Å²) in [4.78, 5) is 0. The molecule has 1 aliphatic rings. The maximum atomic E-state index is 4.51. The summed E-state index contributed by atoms with van der Waals surface area (Å²) in [6.07, 6.45) is 3.09. The largest absolute Gasteiger partial charge is 0.308 e. The summed E-state index contributed by atoms with van der Waals surface area (Å²) in [5, 5.41) is 10.3. The summed E-state index contributed by atoms with van der Waals surface area (Å²) >= 11 is 7.95. The maximum absolute atomic E-state index is 4.51. The van der Waals surface area contributed by atoms with E-state index in [0.29, 0.717) is 16.5 Å². The molecule has 1 aliphatic heterocycles. The number of aromatic nitrogens is 2. The molecule has 1 saturated heterocycles. The molecule has 0 saturated carbocycles. The number of nitrogens with one attached hydrogen (secondary N) is 1. The first-order valence-electron chi connectivity index (χ1n) is 7.80. The molecule has 1 N–H and O–H groups in total. The number of hydrogen-bond acceptors (Lipinski definition) is 4. The lowest BCUT2D eigenvalue weighted by Gasteiger charge is -2.36. The number of nitrogens with zero attached hydrogens (tertiary/aromatic N) is 2. The van der Waals surface area contributed by atoms with Crippen molar-refractivity contribution in [3.63, 3.8) is 0 Å². The Morgan fingerprint density at radius 3 is 2.81 bits per heavy atom. The second kappa shape index (κ2) is 8.27. The van der Waals surface area contributed by atoms with E-state index in [1.807, 2.05) is 6.20 Å². The third-order valence-electron chi connectivity index (χ3n) is 3.99. The van der Waals surface area contributed by atoms with Gasteiger partial charge in [0.05, 0.1) is 22.4 Å². The molecule has 2 heterocycles. The van der Waals surface area contributed by atoms with Gasteiger partial charge in [0.15, 0.2) is 0 Å². The topological polar surface area (TPSA) is 29.9 Å². The third-order valence-corrected chi connectivity index (χ3v) is 8.09. The van der Waals surface area contributed by atoms with Crippen LogP contribution in [0.2, 0.25) is 0 Å². The van der Waals surface area contributed by atoms with Gasteiger partial charge in [-0.3, -0.25) is 4.68 Å². The molecule has 0 aromatic carbocycles. The van der Waals surface area contributed by atoms with Gasteiger partial charge in [-0.1, -0.05) is 20.8 Å². The minimum absolute atomic E-state index is 0.370. The first-order chi connectivity index (χ1) is 10.1. The van der Waals surface area contributed by atoms with Gasteiger partial charge in [-0.15, -0.1) is 0 Å². The first-order valence-corrected chi connectivity index (χ1v) is 10.6. The highest BCUT2D eigenvalue weighted by Crippen LogP contribution is 2.42. The van der Waals surface area contributed by atoms with E-state index in [4.69, 9.17) is 0 Å². The summed E-state index contributed by atoms with van der Waals surface area (Å²) in [5.41, 5.74) is 1.31. The first kappa shape index (κ1) is 17.7. The van der Waals surface area contributed by atoms with Crippen molar-refractivity contribution in [2.45, 2.75) is 62.5 Å². The monoisotopic (exact) mass is 391 g/mol. The van der Waals surface area contributed by atoms with Gasteiger partial charge in [-0.05, 0) is 35.8 Å². The maximum Gasteiger partial charge on any atom is 0.0707 e. The fourth-order valence-electron chi connectivity index (χ4n) is 2.62. The Bertz CT molecular complexity index is 452. The van der Waals surface area contributed by atoms with Gasteiger partial charge >= 0.3 is 0 Å². The Balaban J connectivity index is 2.23. The summed E-state index contributed by atoms with van der Waals surface area (Å²) in [7, 11) is 0. The molecule has 0 spiro atoms. The second-order valence-electron chi connectivity index (χ2n) is 5.54. The lowest BCUT2D eigenvalue weighted by molar-refractivity contribution is 0.477. The predicted molar refractivity (Wildman–Crippen MR) is 99.4 cm³/mol. The Hall–Kier alpha value is 0.350. The van der Waals surface area contributed by atoms with E-state index in [9.17, 15) is 0 Å². The van der Waals surface area contributed by atoms with Crippen molar-refractivity contribution < 1.29 is 0 Å². The normalized spacial score (nSPS) is 27.8. The number of rotatable bonds is 6. The van der Waals surface area contributed by atoms with Crippen molar-refractivity contribution in [3.8, 4) is 0 Å². The van der Waals surface area contributed by atoms with Crippen molar-refractivity contribution in [1.29, 1.82) is 0 Å². The number of halogens is 1. The van der Waals surface area contributed by atoms with Crippen LogP contribution in [0.3, 0.4) is 0 Å². The number of hydrogen-bond donors (Lipinski definition) is 1. The Morgan fingerprint density at radius 1 is 1.43 bits per heavy atom. The van der Waals surface area contributed by atoms with Crippen LogP contribution in [-0.4, -0.2) is 37.8 Å². The fourth-order valence-corrected chi connectivity index (χ4v) is 6.25. The zero-order valence-electron chi connectivity index (χ0n) is 13.3. The molecule has 21 heavy (non-hydrogen) atoms. The molecule has 4 unspecified atom stereocenters. The zero-order valence-corrected chi connectivity index (χ0v) is 16.5. The smallest absolute Gasteiger partial charge is 0.0707 e. The lowest BCUT2D eigenvalue weighted by Crippen LogP contribution is -2.38. The number of thioether (sulfide) groups is 2. The van der Waals surface area contributed by atoms with Crippen LogP contribution in [0.25, 0.3) is 0 Å². The van der Waals surface area contributed by atoms with Gasteiger partial charge < -0.3 is 5.32 Å². The highest BCUT2D eigenvalue weighted by atomic mass is 79.9. The molecule has 120 valence electrons. The molecule has 0 aliphatic carbocycles. The van der Waals surface area contributed by atoms with Crippen molar-refractivity contribution in [3.05, 3.63) is 16.4 Å². The summed E-state index contributed by atoms with van der Waals surface area (Å²) < 4.78 is 3.26. The molecule has 0 radical (unpaired) electrons. The van der Waals surface area contributed by atoms with Crippen molar-refractivity contribution in [2.24, 2.45) is 0 Å². The molecular weight excluding hydrogens is 366 g/mol. The van der Waals surface area contributed by atoms with E-state index in [1.165, 1.54) is 11.4 Å². The molecule has 6 heteroatoms. The van der Waals surface area contributed by atoms with Crippen LogP contribution in [0, 0.1) is 0 Å². The van der Waals surface area contributed by atoms with E-state index in [2.05, 4.69) is 82.2 Å². The Labute approximate surface area is 145 Å². The van der Waals surface area contributed by atoms with Crippen LogP contribution < -0.4 is 5.32 Å². The molecule has 4 atom stereocenters. The molecule has 0 amide bonds. The highest BCUT2D eigenvalue weighted by Gasteiger charge is 2.34.